The highest BCUT2D eigenvalue weighted by Crippen LogP contribution is 2.27. The molecule has 0 aliphatic heterocycles. The van der Waals surface area contributed by atoms with E-state index < -0.39 is 0 Å². The highest BCUT2D eigenvalue weighted by molar-refractivity contribution is 6.31. The number of nitriles is 1. The Hall–Kier alpha value is -2.51. The summed E-state index contributed by atoms with van der Waals surface area (Å²) in [7, 11) is 1.90. The second kappa shape index (κ2) is 5.12. The van der Waals surface area contributed by atoms with Gasteiger partial charge in [-0.2, -0.15) is 10.4 Å². The Labute approximate surface area is 127 Å². The normalized spacial score (nSPS) is 11.3. The van der Waals surface area contributed by atoms with Gasteiger partial charge in [0.05, 0.1) is 17.3 Å². The van der Waals surface area contributed by atoms with Crippen molar-refractivity contribution in [3.8, 4) is 11.9 Å². The zero-order chi connectivity index (χ0) is 15.0. The molecule has 0 fully saturated rings. The average molecular weight is 297 g/mol. The van der Waals surface area contributed by atoms with Gasteiger partial charge >= 0.3 is 0 Å². The van der Waals surface area contributed by atoms with Gasteiger partial charge in [0.2, 0.25) is 0 Å². The predicted molar refractivity (Wildman–Crippen MR) is 84.4 cm³/mol. The molecule has 1 aromatic carbocycles. The summed E-state index contributed by atoms with van der Waals surface area (Å²) in [6.07, 6.45) is 5.25. The lowest BCUT2D eigenvalue weighted by molar-refractivity contribution is 0.728. The van der Waals surface area contributed by atoms with Gasteiger partial charge in [0.15, 0.2) is 0 Å². The molecule has 0 N–H and O–H groups in total. The van der Waals surface area contributed by atoms with E-state index in [0.29, 0.717) is 5.02 Å². The quantitative estimate of drug-likeness (QED) is 0.674. The topological polar surface area (TPSA) is 46.5 Å². The van der Waals surface area contributed by atoms with E-state index in [1.165, 1.54) is 6.08 Å². The summed E-state index contributed by atoms with van der Waals surface area (Å²) in [5.41, 5.74) is 2.87. The monoisotopic (exact) mass is 296 g/mol. The molecule has 21 heavy (non-hydrogen) atoms. The number of allylic oxidation sites excluding steroid dienone is 1. The molecule has 0 saturated heterocycles. The number of hydrogen-bond acceptors (Lipinski definition) is 2. The molecule has 0 amide bonds. The van der Waals surface area contributed by atoms with Crippen LogP contribution in [0.2, 0.25) is 5.02 Å². The van der Waals surface area contributed by atoms with Gasteiger partial charge in [0.1, 0.15) is 5.82 Å². The average Bonchev–Trinajstić information content (AvgIpc) is 2.96. The number of aryl methyl sites for hydroxylation is 2. The lowest BCUT2D eigenvalue weighted by Crippen LogP contribution is -2.02. The maximum absolute atomic E-state index is 8.76. The summed E-state index contributed by atoms with van der Waals surface area (Å²) in [5.74, 6) is 0.927. The smallest absolute Gasteiger partial charge is 0.142 e. The fraction of sp³-hybridized carbons (Fsp3) is 0.125. The fourth-order valence-electron chi connectivity index (χ4n) is 2.56. The van der Waals surface area contributed by atoms with Crippen LogP contribution in [0.25, 0.3) is 22.8 Å². The molecule has 0 saturated carbocycles. The Morgan fingerprint density at radius 2 is 2.14 bits per heavy atom. The molecular weight excluding hydrogens is 284 g/mol. The van der Waals surface area contributed by atoms with Crippen LogP contribution < -0.4 is 0 Å². The van der Waals surface area contributed by atoms with Gasteiger partial charge in [0, 0.05) is 35.3 Å². The number of halogens is 1. The van der Waals surface area contributed by atoms with Gasteiger partial charge in [-0.1, -0.05) is 11.6 Å². The molecule has 0 bridgehead atoms. The van der Waals surface area contributed by atoms with Crippen molar-refractivity contribution in [2.24, 2.45) is 7.05 Å². The maximum Gasteiger partial charge on any atom is 0.142 e. The van der Waals surface area contributed by atoms with Crippen molar-refractivity contribution in [1.82, 2.24) is 14.3 Å². The Bertz CT molecular complexity index is 893. The van der Waals surface area contributed by atoms with E-state index in [-0.39, 0.29) is 0 Å². The van der Waals surface area contributed by atoms with Crippen molar-refractivity contribution < 1.29 is 0 Å². The van der Waals surface area contributed by atoms with Crippen molar-refractivity contribution in [2.45, 2.75) is 6.92 Å². The van der Waals surface area contributed by atoms with E-state index in [9.17, 15) is 0 Å². The number of rotatable bonds is 2. The van der Waals surface area contributed by atoms with Crippen LogP contribution in [0.4, 0.5) is 0 Å². The standard InChI is InChI=1S/C16H13ClN4/c1-11-14(4-3-8-18)16(20(2)19-11)21-9-7-12-10-13(17)5-6-15(12)21/h3-7,9-10H,1-2H3/b4-3+. The van der Waals surface area contributed by atoms with Crippen LogP contribution in [-0.2, 0) is 7.05 Å². The fourth-order valence-corrected chi connectivity index (χ4v) is 2.74. The molecule has 3 aromatic rings. The van der Waals surface area contributed by atoms with E-state index in [1.807, 2.05) is 55.2 Å². The van der Waals surface area contributed by atoms with Crippen molar-refractivity contribution in [1.29, 1.82) is 5.26 Å². The van der Waals surface area contributed by atoms with Gasteiger partial charge in [-0.15, -0.1) is 0 Å². The molecule has 4 nitrogen and oxygen atoms in total. The number of benzene rings is 1. The Morgan fingerprint density at radius 1 is 1.33 bits per heavy atom. The van der Waals surface area contributed by atoms with Crippen LogP contribution in [0.15, 0.2) is 36.5 Å². The lowest BCUT2D eigenvalue weighted by atomic mass is 10.2. The van der Waals surface area contributed by atoms with Gasteiger partial charge in [-0.3, -0.25) is 4.68 Å². The minimum absolute atomic E-state index is 0.714. The van der Waals surface area contributed by atoms with Gasteiger partial charge in [-0.05, 0) is 37.3 Å². The highest BCUT2D eigenvalue weighted by Gasteiger charge is 2.14. The van der Waals surface area contributed by atoms with Crippen LogP contribution in [0.1, 0.15) is 11.3 Å². The molecule has 0 aliphatic carbocycles. The van der Waals surface area contributed by atoms with Crippen molar-refractivity contribution in [3.63, 3.8) is 0 Å². The van der Waals surface area contributed by atoms with Crippen LogP contribution >= 0.6 is 11.6 Å². The maximum atomic E-state index is 8.76. The first-order valence-electron chi connectivity index (χ1n) is 6.48. The largest absolute Gasteiger partial charge is 0.301 e. The van der Waals surface area contributed by atoms with Crippen LogP contribution in [-0.4, -0.2) is 14.3 Å². The minimum atomic E-state index is 0.714. The number of aromatic nitrogens is 3. The molecule has 0 unspecified atom stereocenters. The number of hydrogen-bond donors (Lipinski definition) is 0. The highest BCUT2D eigenvalue weighted by atomic mass is 35.5. The zero-order valence-electron chi connectivity index (χ0n) is 11.7. The van der Waals surface area contributed by atoms with Gasteiger partial charge in [0.25, 0.3) is 0 Å². The van der Waals surface area contributed by atoms with E-state index in [0.717, 1.165) is 28.0 Å². The SMILES string of the molecule is Cc1nn(C)c(-n2ccc3cc(Cl)ccc32)c1/C=C/C#N. The molecule has 104 valence electrons. The first kappa shape index (κ1) is 13.5. The van der Waals surface area contributed by atoms with Crippen LogP contribution in [0, 0.1) is 18.3 Å². The molecule has 0 radical (unpaired) electrons. The first-order chi connectivity index (χ1) is 10.1. The third-order valence-electron chi connectivity index (χ3n) is 3.44. The second-order valence-corrected chi connectivity index (χ2v) is 5.23. The Morgan fingerprint density at radius 3 is 2.90 bits per heavy atom. The van der Waals surface area contributed by atoms with Gasteiger partial charge < -0.3 is 4.57 Å². The lowest BCUT2D eigenvalue weighted by Gasteiger charge is -2.07. The van der Waals surface area contributed by atoms with E-state index in [1.54, 1.807) is 6.08 Å². The molecule has 2 aromatic heterocycles. The van der Waals surface area contributed by atoms with Crippen LogP contribution in [0.3, 0.4) is 0 Å². The molecule has 0 atom stereocenters. The minimum Gasteiger partial charge on any atom is -0.301 e. The predicted octanol–water partition coefficient (Wildman–Crippen LogP) is 3.86. The third-order valence-corrected chi connectivity index (χ3v) is 3.68. The Balaban J connectivity index is 2.28. The second-order valence-electron chi connectivity index (χ2n) is 4.80. The van der Waals surface area contributed by atoms with E-state index >= 15 is 0 Å². The zero-order valence-corrected chi connectivity index (χ0v) is 12.5. The summed E-state index contributed by atoms with van der Waals surface area (Å²) < 4.78 is 3.88. The molecule has 0 aliphatic rings. The molecule has 0 spiro atoms. The molecule has 3 rings (SSSR count). The molecule has 5 heteroatoms. The summed E-state index contributed by atoms with van der Waals surface area (Å²) in [6.45, 7) is 1.93. The summed E-state index contributed by atoms with van der Waals surface area (Å²) >= 11 is 6.04. The van der Waals surface area contributed by atoms with Crippen molar-refractivity contribution in [3.05, 3.63) is 52.8 Å². The summed E-state index contributed by atoms with van der Waals surface area (Å²) in [4.78, 5) is 0. The molecule has 2 heterocycles. The number of fused-ring (bicyclic) bond motifs is 1. The first-order valence-corrected chi connectivity index (χ1v) is 6.86. The Kier molecular flexibility index (Phi) is 3.28. The van der Waals surface area contributed by atoms with E-state index in [2.05, 4.69) is 9.67 Å². The van der Waals surface area contributed by atoms with Gasteiger partial charge in [-0.25, -0.2) is 0 Å². The summed E-state index contributed by atoms with van der Waals surface area (Å²) in [5, 5.41) is 15.0. The van der Waals surface area contributed by atoms with Crippen molar-refractivity contribution >= 4 is 28.6 Å². The van der Waals surface area contributed by atoms with Crippen molar-refractivity contribution in [2.75, 3.05) is 0 Å². The number of nitrogens with zero attached hydrogens (tertiary/aromatic N) is 4. The van der Waals surface area contributed by atoms with E-state index in [4.69, 9.17) is 16.9 Å². The van der Waals surface area contributed by atoms with Crippen LogP contribution in [0.5, 0.6) is 0 Å². The summed E-state index contributed by atoms with van der Waals surface area (Å²) in [6, 6.07) is 9.83. The molecular formula is C16H13ClN4. The third kappa shape index (κ3) is 2.22.